The van der Waals surface area contributed by atoms with Gasteiger partial charge in [0.05, 0.1) is 12.1 Å². The maximum Gasteiger partial charge on any atom is 0.262 e. The lowest BCUT2D eigenvalue weighted by Crippen LogP contribution is -2.35. The van der Waals surface area contributed by atoms with Gasteiger partial charge < -0.3 is 9.30 Å². The number of allylic oxidation sites excluding steroid dienone is 2. The van der Waals surface area contributed by atoms with E-state index in [4.69, 9.17) is 4.74 Å². The lowest BCUT2D eigenvalue weighted by molar-refractivity contribution is 0.128. The number of fused-ring (bicyclic) bond motifs is 1. The van der Waals surface area contributed by atoms with E-state index in [9.17, 15) is 4.79 Å². The van der Waals surface area contributed by atoms with Crippen LogP contribution in [0.15, 0.2) is 53.1 Å². The normalized spacial score (nSPS) is 18.2. The van der Waals surface area contributed by atoms with Gasteiger partial charge >= 0.3 is 0 Å². The van der Waals surface area contributed by atoms with Crippen molar-refractivity contribution in [1.82, 2.24) is 9.55 Å². The third-order valence-electron chi connectivity index (χ3n) is 4.74. The van der Waals surface area contributed by atoms with Crippen LogP contribution < -0.4 is 10.3 Å². The molecular weight excluding hydrogens is 324 g/mol. The molecule has 0 aliphatic carbocycles. The first kappa shape index (κ1) is 18.2. The van der Waals surface area contributed by atoms with Gasteiger partial charge in [-0.05, 0) is 70.4 Å². The standard InChI is InChI=1S/C22H26N2O2/c1-16(2)6-5-10-22(4)11-7-19-20(26-22)14-17(3)24(21(19)25)15-18-8-12-23-13-9-18/h6-9,11-14H,5,10,15H2,1-4H3. The summed E-state index contributed by atoms with van der Waals surface area (Å²) in [5.74, 6) is 0.681. The Morgan fingerprint density at radius 3 is 2.73 bits per heavy atom. The van der Waals surface area contributed by atoms with Gasteiger partial charge in [-0.3, -0.25) is 9.78 Å². The highest BCUT2D eigenvalue weighted by atomic mass is 16.5. The fourth-order valence-electron chi connectivity index (χ4n) is 3.19. The Labute approximate surface area is 154 Å². The molecule has 0 spiro atoms. The summed E-state index contributed by atoms with van der Waals surface area (Å²) in [5.41, 5.74) is 3.49. The van der Waals surface area contributed by atoms with E-state index in [0.717, 1.165) is 24.1 Å². The van der Waals surface area contributed by atoms with Gasteiger partial charge in [0.1, 0.15) is 11.4 Å². The SMILES string of the molecule is CC(C)=CCCC1(C)C=Cc2c(cc(C)n(Cc3ccncc3)c2=O)O1. The Bertz CT molecular complexity index is 906. The van der Waals surface area contributed by atoms with E-state index in [1.54, 1.807) is 17.0 Å². The number of hydrogen-bond donors (Lipinski definition) is 0. The van der Waals surface area contributed by atoms with Crippen molar-refractivity contribution in [2.24, 2.45) is 0 Å². The molecule has 0 fully saturated rings. The Morgan fingerprint density at radius 2 is 2.04 bits per heavy atom. The molecule has 1 aliphatic rings. The summed E-state index contributed by atoms with van der Waals surface area (Å²) < 4.78 is 8.01. The van der Waals surface area contributed by atoms with Crippen molar-refractivity contribution in [3.8, 4) is 5.75 Å². The number of pyridine rings is 2. The average Bonchev–Trinajstić information content (AvgIpc) is 2.59. The van der Waals surface area contributed by atoms with Crippen molar-refractivity contribution < 1.29 is 4.74 Å². The summed E-state index contributed by atoms with van der Waals surface area (Å²) in [7, 11) is 0. The van der Waals surface area contributed by atoms with Crippen molar-refractivity contribution in [2.45, 2.75) is 52.7 Å². The minimum absolute atomic E-state index is 0.0144. The maximum atomic E-state index is 13.0. The molecular formula is C22H26N2O2. The topological polar surface area (TPSA) is 44.1 Å². The highest BCUT2D eigenvalue weighted by Gasteiger charge is 2.28. The zero-order chi connectivity index (χ0) is 18.7. The molecule has 0 aromatic carbocycles. The van der Waals surface area contributed by atoms with Crippen molar-refractivity contribution in [3.05, 3.63) is 75.5 Å². The van der Waals surface area contributed by atoms with Crippen LogP contribution in [0.2, 0.25) is 0 Å². The molecule has 1 aliphatic heterocycles. The summed E-state index contributed by atoms with van der Waals surface area (Å²) in [5, 5.41) is 0. The van der Waals surface area contributed by atoms with Crippen molar-refractivity contribution in [1.29, 1.82) is 0 Å². The molecule has 0 amide bonds. The number of rotatable bonds is 5. The maximum absolute atomic E-state index is 13.0. The number of nitrogens with zero attached hydrogens (tertiary/aromatic N) is 2. The Hall–Kier alpha value is -2.62. The third-order valence-corrected chi connectivity index (χ3v) is 4.74. The molecule has 0 saturated carbocycles. The fourth-order valence-corrected chi connectivity index (χ4v) is 3.19. The summed E-state index contributed by atoms with van der Waals surface area (Å²) >= 11 is 0. The van der Waals surface area contributed by atoms with Crippen LogP contribution in [0.1, 0.15) is 50.4 Å². The Kier molecular flexibility index (Phi) is 5.12. The zero-order valence-electron chi connectivity index (χ0n) is 16.0. The van der Waals surface area contributed by atoms with Crippen molar-refractivity contribution in [2.75, 3.05) is 0 Å². The number of aryl methyl sites for hydroxylation is 1. The van der Waals surface area contributed by atoms with Crippen LogP contribution in [0.3, 0.4) is 0 Å². The summed E-state index contributed by atoms with van der Waals surface area (Å²) in [4.78, 5) is 17.0. The molecule has 4 heteroatoms. The summed E-state index contributed by atoms with van der Waals surface area (Å²) in [6, 6.07) is 5.83. The van der Waals surface area contributed by atoms with Crippen LogP contribution in [0.5, 0.6) is 5.75 Å². The second-order valence-corrected chi connectivity index (χ2v) is 7.38. The number of hydrogen-bond acceptors (Lipinski definition) is 3. The second kappa shape index (κ2) is 7.32. The monoisotopic (exact) mass is 350 g/mol. The van der Waals surface area contributed by atoms with Crippen LogP contribution >= 0.6 is 0 Å². The molecule has 0 radical (unpaired) electrons. The van der Waals surface area contributed by atoms with E-state index in [1.807, 2.05) is 37.3 Å². The molecule has 1 atom stereocenters. The molecule has 4 nitrogen and oxygen atoms in total. The van der Waals surface area contributed by atoms with E-state index >= 15 is 0 Å². The molecule has 2 aromatic heterocycles. The third kappa shape index (κ3) is 3.96. The minimum atomic E-state index is -0.380. The van der Waals surface area contributed by atoms with E-state index in [0.29, 0.717) is 17.9 Å². The van der Waals surface area contributed by atoms with Gasteiger partial charge in [0, 0.05) is 24.2 Å². The molecule has 0 N–H and O–H groups in total. The quantitative estimate of drug-likeness (QED) is 0.745. The van der Waals surface area contributed by atoms with Crippen LogP contribution in [0.25, 0.3) is 6.08 Å². The Morgan fingerprint density at radius 1 is 1.31 bits per heavy atom. The number of aromatic nitrogens is 2. The molecule has 26 heavy (non-hydrogen) atoms. The highest BCUT2D eigenvalue weighted by molar-refractivity contribution is 5.60. The second-order valence-electron chi connectivity index (χ2n) is 7.38. The largest absolute Gasteiger partial charge is 0.483 e. The van der Waals surface area contributed by atoms with Gasteiger partial charge in [0.15, 0.2) is 0 Å². The first-order valence-electron chi connectivity index (χ1n) is 9.03. The molecule has 1 unspecified atom stereocenters. The lowest BCUT2D eigenvalue weighted by atomic mass is 9.95. The van der Waals surface area contributed by atoms with E-state index in [1.165, 1.54) is 5.57 Å². The zero-order valence-corrected chi connectivity index (χ0v) is 16.0. The predicted molar refractivity (Wildman–Crippen MR) is 106 cm³/mol. The molecule has 136 valence electrons. The van der Waals surface area contributed by atoms with Crippen molar-refractivity contribution in [3.63, 3.8) is 0 Å². The van der Waals surface area contributed by atoms with Gasteiger partial charge in [-0.15, -0.1) is 0 Å². The molecule has 3 rings (SSSR count). The minimum Gasteiger partial charge on any atom is -0.483 e. The summed E-state index contributed by atoms with van der Waals surface area (Å²) in [6.45, 7) is 8.76. The van der Waals surface area contributed by atoms with Crippen LogP contribution in [0.4, 0.5) is 0 Å². The summed E-state index contributed by atoms with van der Waals surface area (Å²) in [6.07, 6.45) is 11.5. The first-order valence-corrected chi connectivity index (χ1v) is 9.03. The first-order chi connectivity index (χ1) is 12.4. The molecule has 2 aromatic rings. The highest BCUT2D eigenvalue weighted by Crippen LogP contribution is 2.32. The van der Waals surface area contributed by atoms with E-state index < -0.39 is 0 Å². The van der Waals surface area contributed by atoms with Gasteiger partial charge in [-0.2, -0.15) is 0 Å². The average molecular weight is 350 g/mol. The van der Waals surface area contributed by atoms with Gasteiger partial charge in [0.2, 0.25) is 0 Å². The molecule has 0 saturated heterocycles. The smallest absolute Gasteiger partial charge is 0.262 e. The fraction of sp³-hybridized carbons (Fsp3) is 0.364. The van der Waals surface area contributed by atoms with Crippen LogP contribution in [-0.4, -0.2) is 15.2 Å². The lowest BCUT2D eigenvalue weighted by Gasteiger charge is -2.32. The van der Waals surface area contributed by atoms with E-state index in [-0.39, 0.29) is 11.2 Å². The molecule has 0 bridgehead atoms. The van der Waals surface area contributed by atoms with E-state index in [2.05, 4.69) is 31.8 Å². The predicted octanol–water partition coefficient (Wildman–Crippen LogP) is 4.51. The van der Waals surface area contributed by atoms with Crippen molar-refractivity contribution >= 4 is 6.08 Å². The molecule has 3 heterocycles. The van der Waals surface area contributed by atoms with Crippen LogP contribution in [-0.2, 0) is 6.54 Å². The van der Waals surface area contributed by atoms with Gasteiger partial charge in [-0.1, -0.05) is 11.6 Å². The van der Waals surface area contributed by atoms with Gasteiger partial charge in [-0.25, -0.2) is 0 Å². The number of ether oxygens (including phenoxy) is 1. The van der Waals surface area contributed by atoms with Gasteiger partial charge in [0.25, 0.3) is 5.56 Å². The van der Waals surface area contributed by atoms with Crippen LogP contribution in [0, 0.1) is 6.92 Å². The Balaban J connectivity index is 1.88.